The molecule has 4 nitrogen and oxygen atoms in total. The van der Waals surface area contributed by atoms with Crippen molar-refractivity contribution < 1.29 is 9.90 Å². The Morgan fingerprint density at radius 3 is 2.72 bits per heavy atom. The van der Waals surface area contributed by atoms with E-state index in [4.69, 9.17) is 5.11 Å². The molecule has 0 aliphatic carbocycles. The molecule has 2 N–H and O–H groups in total. The van der Waals surface area contributed by atoms with Gasteiger partial charge >= 0.3 is 0 Å². The van der Waals surface area contributed by atoms with E-state index in [1.54, 1.807) is 0 Å². The summed E-state index contributed by atoms with van der Waals surface area (Å²) in [6, 6.07) is 7.55. The highest BCUT2D eigenvalue weighted by Gasteiger charge is 2.05. The first-order valence-electron chi connectivity index (χ1n) is 6.31. The summed E-state index contributed by atoms with van der Waals surface area (Å²) in [5.74, 6) is -0.0392. The number of nitrogens with zero attached hydrogens (tertiary/aromatic N) is 1. The number of unbranched alkanes of at least 4 members (excludes halogenated alkanes) is 2. The Labute approximate surface area is 109 Å². The minimum atomic E-state index is -0.0392. The molecule has 0 fully saturated rings. The van der Waals surface area contributed by atoms with E-state index in [-0.39, 0.29) is 12.5 Å². The number of hydrogen-bond donors (Lipinski definition) is 2. The average Bonchev–Trinajstić information content (AvgIpc) is 2.38. The normalized spacial score (nSPS) is 10.2. The molecule has 1 amide bonds. The summed E-state index contributed by atoms with van der Waals surface area (Å²) in [4.78, 5) is 13.8. The first-order chi connectivity index (χ1) is 8.65. The van der Waals surface area contributed by atoms with Crippen molar-refractivity contribution in [3.05, 3.63) is 29.8 Å². The third-order valence-corrected chi connectivity index (χ3v) is 2.75. The number of benzene rings is 1. The number of hydrogen-bond acceptors (Lipinski definition) is 3. The van der Waals surface area contributed by atoms with Gasteiger partial charge in [0.25, 0.3) is 5.91 Å². The molecule has 0 heterocycles. The van der Waals surface area contributed by atoms with Crippen molar-refractivity contribution in [1.29, 1.82) is 0 Å². The Bertz CT molecular complexity index is 378. The Morgan fingerprint density at radius 1 is 1.28 bits per heavy atom. The van der Waals surface area contributed by atoms with Crippen molar-refractivity contribution in [2.45, 2.75) is 19.3 Å². The van der Waals surface area contributed by atoms with Gasteiger partial charge in [0.15, 0.2) is 0 Å². The van der Waals surface area contributed by atoms with Crippen molar-refractivity contribution >= 4 is 11.6 Å². The maximum atomic E-state index is 11.9. The molecule has 0 aromatic heterocycles. The number of anilines is 1. The second-order valence-electron chi connectivity index (χ2n) is 4.48. The average molecular weight is 250 g/mol. The predicted octanol–water partition coefficient (Wildman–Crippen LogP) is 1.64. The monoisotopic (exact) mass is 250 g/mol. The van der Waals surface area contributed by atoms with E-state index < -0.39 is 0 Å². The Morgan fingerprint density at radius 2 is 2.06 bits per heavy atom. The van der Waals surface area contributed by atoms with Crippen LogP contribution in [0.3, 0.4) is 0 Å². The molecule has 0 aliphatic rings. The van der Waals surface area contributed by atoms with Gasteiger partial charge in [-0.05, 0) is 37.5 Å². The van der Waals surface area contributed by atoms with E-state index in [1.165, 1.54) is 0 Å². The lowest BCUT2D eigenvalue weighted by atomic mass is 10.1. The van der Waals surface area contributed by atoms with Crippen LogP contribution in [0.5, 0.6) is 0 Å². The first-order valence-corrected chi connectivity index (χ1v) is 6.31. The Hall–Kier alpha value is -1.55. The molecular formula is C14H22N2O2. The van der Waals surface area contributed by atoms with Gasteiger partial charge in [-0.15, -0.1) is 0 Å². The summed E-state index contributed by atoms with van der Waals surface area (Å²) in [5.41, 5.74) is 1.70. The largest absolute Gasteiger partial charge is 0.396 e. The van der Waals surface area contributed by atoms with Crippen LogP contribution in [-0.2, 0) is 0 Å². The fourth-order valence-electron chi connectivity index (χ4n) is 1.64. The molecule has 0 bridgehead atoms. The molecule has 18 heavy (non-hydrogen) atoms. The minimum Gasteiger partial charge on any atom is -0.396 e. The van der Waals surface area contributed by atoms with Gasteiger partial charge in [-0.1, -0.05) is 6.07 Å². The molecule has 4 heteroatoms. The number of amides is 1. The molecule has 0 atom stereocenters. The minimum absolute atomic E-state index is 0.0392. The van der Waals surface area contributed by atoms with E-state index in [0.717, 1.165) is 24.9 Å². The van der Waals surface area contributed by atoms with Crippen molar-refractivity contribution in [2.24, 2.45) is 0 Å². The smallest absolute Gasteiger partial charge is 0.251 e. The van der Waals surface area contributed by atoms with Crippen LogP contribution in [-0.4, -0.2) is 38.3 Å². The number of aliphatic hydroxyl groups is 1. The fourth-order valence-corrected chi connectivity index (χ4v) is 1.64. The molecule has 0 aliphatic heterocycles. The Balaban J connectivity index is 2.44. The zero-order valence-electron chi connectivity index (χ0n) is 11.1. The molecular weight excluding hydrogens is 228 g/mol. The van der Waals surface area contributed by atoms with Crippen LogP contribution in [0.15, 0.2) is 24.3 Å². The van der Waals surface area contributed by atoms with Gasteiger partial charge in [0.1, 0.15) is 0 Å². The van der Waals surface area contributed by atoms with Gasteiger partial charge in [0.05, 0.1) is 0 Å². The number of nitrogens with one attached hydrogen (secondary N) is 1. The van der Waals surface area contributed by atoms with Gasteiger partial charge < -0.3 is 15.3 Å². The lowest BCUT2D eigenvalue weighted by Crippen LogP contribution is -2.24. The molecule has 0 radical (unpaired) electrons. The third-order valence-electron chi connectivity index (χ3n) is 2.75. The van der Waals surface area contributed by atoms with E-state index >= 15 is 0 Å². The quantitative estimate of drug-likeness (QED) is 0.723. The lowest BCUT2D eigenvalue weighted by Gasteiger charge is -2.13. The number of carbonyl (C=O) groups excluding carboxylic acids is 1. The van der Waals surface area contributed by atoms with Crippen molar-refractivity contribution in [1.82, 2.24) is 5.32 Å². The van der Waals surface area contributed by atoms with Crippen LogP contribution in [0, 0.1) is 0 Å². The summed E-state index contributed by atoms with van der Waals surface area (Å²) in [7, 11) is 3.90. The van der Waals surface area contributed by atoms with Crippen molar-refractivity contribution in [3.63, 3.8) is 0 Å². The highest BCUT2D eigenvalue weighted by Crippen LogP contribution is 2.13. The highest BCUT2D eigenvalue weighted by atomic mass is 16.2. The highest BCUT2D eigenvalue weighted by molar-refractivity contribution is 5.95. The van der Waals surface area contributed by atoms with Crippen LogP contribution in [0.1, 0.15) is 29.6 Å². The van der Waals surface area contributed by atoms with Gasteiger partial charge in [0.2, 0.25) is 0 Å². The maximum absolute atomic E-state index is 11.9. The van der Waals surface area contributed by atoms with Crippen LogP contribution in [0.4, 0.5) is 5.69 Å². The van der Waals surface area contributed by atoms with E-state index in [9.17, 15) is 4.79 Å². The summed E-state index contributed by atoms with van der Waals surface area (Å²) in [5, 5.41) is 11.5. The molecule has 0 unspecified atom stereocenters. The van der Waals surface area contributed by atoms with E-state index in [2.05, 4.69) is 5.32 Å². The topological polar surface area (TPSA) is 52.6 Å². The van der Waals surface area contributed by atoms with Gasteiger partial charge in [-0.2, -0.15) is 0 Å². The van der Waals surface area contributed by atoms with Gasteiger partial charge in [-0.25, -0.2) is 0 Å². The van der Waals surface area contributed by atoms with E-state index in [1.807, 2.05) is 43.3 Å². The SMILES string of the molecule is CN(C)c1cccc(C(=O)NCCCCCO)c1. The number of aliphatic hydroxyl groups excluding tert-OH is 1. The standard InChI is InChI=1S/C14H22N2O2/c1-16(2)13-8-6-7-12(11-13)14(18)15-9-4-3-5-10-17/h6-8,11,17H,3-5,9-10H2,1-2H3,(H,15,18). The first kappa shape index (κ1) is 14.5. The predicted molar refractivity (Wildman–Crippen MR) is 74.0 cm³/mol. The van der Waals surface area contributed by atoms with Crippen LogP contribution in [0.25, 0.3) is 0 Å². The third kappa shape index (κ3) is 4.75. The molecule has 1 rings (SSSR count). The summed E-state index contributed by atoms with van der Waals surface area (Å²) >= 11 is 0. The molecule has 0 saturated heterocycles. The molecule has 0 spiro atoms. The summed E-state index contributed by atoms with van der Waals surface area (Å²) in [6.07, 6.45) is 2.64. The van der Waals surface area contributed by atoms with Crippen LogP contribution < -0.4 is 10.2 Å². The zero-order valence-corrected chi connectivity index (χ0v) is 11.1. The second kappa shape index (κ2) is 7.71. The fraction of sp³-hybridized carbons (Fsp3) is 0.500. The number of carbonyl (C=O) groups is 1. The zero-order chi connectivity index (χ0) is 13.4. The Kier molecular flexibility index (Phi) is 6.22. The summed E-state index contributed by atoms with van der Waals surface area (Å²) in [6.45, 7) is 0.879. The maximum Gasteiger partial charge on any atom is 0.251 e. The van der Waals surface area contributed by atoms with Crippen molar-refractivity contribution in [3.8, 4) is 0 Å². The second-order valence-corrected chi connectivity index (χ2v) is 4.48. The summed E-state index contributed by atoms with van der Waals surface area (Å²) < 4.78 is 0. The molecule has 1 aromatic rings. The lowest BCUT2D eigenvalue weighted by molar-refractivity contribution is 0.0953. The van der Waals surface area contributed by atoms with E-state index in [0.29, 0.717) is 12.1 Å². The van der Waals surface area contributed by atoms with Crippen molar-refractivity contribution in [2.75, 3.05) is 32.1 Å². The van der Waals surface area contributed by atoms with Crippen LogP contribution in [0.2, 0.25) is 0 Å². The van der Waals surface area contributed by atoms with Crippen LogP contribution >= 0.6 is 0 Å². The van der Waals surface area contributed by atoms with Gasteiger partial charge in [-0.3, -0.25) is 4.79 Å². The van der Waals surface area contributed by atoms with Gasteiger partial charge in [0, 0.05) is 38.5 Å². The molecule has 100 valence electrons. The number of rotatable bonds is 7. The molecule has 1 aromatic carbocycles. The molecule has 0 saturated carbocycles.